The second kappa shape index (κ2) is 4.77. The van der Waals surface area contributed by atoms with E-state index in [1.807, 2.05) is 30.3 Å². The van der Waals surface area contributed by atoms with Crippen LogP contribution in [-0.2, 0) is 6.54 Å². The van der Waals surface area contributed by atoms with Crippen LogP contribution >= 0.6 is 0 Å². The summed E-state index contributed by atoms with van der Waals surface area (Å²) in [5.74, 6) is 1.35. The van der Waals surface area contributed by atoms with Crippen LogP contribution in [-0.4, -0.2) is 17.5 Å². The number of hydrogen-bond acceptors (Lipinski definition) is 2. The van der Waals surface area contributed by atoms with Crippen molar-refractivity contribution in [2.75, 3.05) is 6.61 Å². The van der Waals surface area contributed by atoms with Gasteiger partial charge in [-0.05, 0) is 18.2 Å². The fourth-order valence-corrected chi connectivity index (χ4v) is 3.13. The summed E-state index contributed by atoms with van der Waals surface area (Å²) in [5, 5.41) is 1.01. The Bertz CT molecular complexity index is 819. The number of carbonyl (C=O) groups is 1. The van der Waals surface area contributed by atoms with E-state index in [0.29, 0.717) is 12.5 Å². The molecule has 4 rings (SSSR count). The first-order chi connectivity index (χ1) is 10.4. The molecule has 3 aromatic rings. The molecule has 3 nitrogen and oxygen atoms in total. The van der Waals surface area contributed by atoms with Crippen LogP contribution in [0.2, 0.25) is 0 Å². The van der Waals surface area contributed by atoms with Gasteiger partial charge in [0.15, 0.2) is 6.29 Å². The van der Waals surface area contributed by atoms with Crippen LogP contribution in [0.4, 0.5) is 0 Å². The summed E-state index contributed by atoms with van der Waals surface area (Å²) in [7, 11) is 0. The van der Waals surface area contributed by atoms with E-state index in [1.54, 1.807) is 0 Å². The van der Waals surface area contributed by atoms with Gasteiger partial charge in [0.1, 0.15) is 5.75 Å². The molecule has 1 aliphatic heterocycles. The summed E-state index contributed by atoms with van der Waals surface area (Å²) in [6, 6.07) is 16.1. The van der Waals surface area contributed by atoms with E-state index < -0.39 is 0 Å². The lowest BCUT2D eigenvalue weighted by molar-refractivity contribution is 0.112. The summed E-state index contributed by atoms with van der Waals surface area (Å²) in [6.45, 7) is 1.58. The molecule has 0 saturated heterocycles. The minimum atomic E-state index is 0.358. The van der Waals surface area contributed by atoms with Gasteiger partial charge in [-0.3, -0.25) is 4.79 Å². The number of rotatable bonds is 3. The molecule has 0 fully saturated rings. The van der Waals surface area contributed by atoms with E-state index in [2.05, 4.69) is 29.0 Å². The standard InChI is InChI=1S/C18H15NO2/c20-11-13-4-3-6-17-15(13)8-9-19(17)10-14-12-21-18-7-2-1-5-16(14)18/h1-9,11,14H,10,12H2. The third-order valence-electron chi connectivity index (χ3n) is 4.19. The van der Waals surface area contributed by atoms with E-state index in [9.17, 15) is 4.79 Å². The normalized spacial score (nSPS) is 16.7. The van der Waals surface area contributed by atoms with Gasteiger partial charge in [-0.2, -0.15) is 0 Å². The van der Waals surface area contributed by atoms with E-state index in [-0.39, 0.29) is 0 Å². The van der Waals surface area contributed by atoms with Crippen molar-refractivity contribution in [1.82, 2.24) is 4.57 Å². The molecule has 0 saturated carbocycles. The largest absolute Gasteiger partial charge is 0.493 e. The van der Waals surface area contributed by atoms with Crippen molar-refractivity contribution in [1.29, 1.82) is 0 Å². The minimum absolute atomic E-state index is 0.358. The second-order valence-electron chi connectivity index (χ2n) is 5.41. The highest BCUT2D eigenvalue weighted by Gasteiger charge is 2.24. The van der Waals surface area contributed by atoms with Crippen molar-refractivity contribution >= 4 is 17.2 Å². The Balaban J connectivity index is 1.72. The number of para-hydroxylation sites is 1. The Hall–Kier alpha value is -2.55. The van der Waals surface area contributed by atoms with Crippen LogP contribution in [0.25, 0.3) is 10.9 Å². The molecule has 3 heteroatoms. The summed E-state index contributed by atoms with van der Waals surface area (Å²) in [6.07, 6.45) is 2.97. The molecule has 0 bridgehead atoms. The first-order valence-electron chi connectivity index (χ1n) is 7.11. The number of ether oxygens (including phenoxy) is 1. The summed E-state index contributed by atoms with van der Waals surface area (Å²) < 4.78 is 7.95. The lowest BCUT2D eigenvalue weighted by atomic mass is 10.0. The van der Waals surface area contributed by atoms with E-state index in [0.717, 1.165) is 35.0 Å². The third-order valence-corrected chi connectivity index (χ3v) is 4.19. The van der Waals surface area contributed by atoms with Gasteiger partial charge in [-0.25, -0.2) is 0 Å². The van der Waals surface area contributed by atoms with Crippen LogP contribution in [0.5, 0.6) is 5.75 Å². The maximum Gasteiger partial charge on any atom is 0.150 e. The van der Waals surface area contributed by atoms with E-state index >= 15 is 0 Å². The fraction of sp³-hybridized carbons (Fsp3) is 0.167. The van der Waals surface area contributed by atoms with E-state index in [1.165, 1.54) is 5.56 Å². The molecular formula is C18H15NO2. The zero-order valence-electron chi connectivity index (χ0n) is 11.5. The molecule has 1 atom stereocenters. The van der Waals surface area contributed by atoms with Gasteiger partial charge in [-0.1, -0.05) is 30.3 Å². The van der Waals surface area contributed by atoms with Crippen molar-refractivity contribution in [3.63, 3.8) is 0 Å². The van der Waals surface area contributed by atoms with Crippen molar-refractivity contribution in [3.05, 3.63) is 65.9 Å². The lowest BCUT2D eigenvalue weighted by Gasteiger charge is -2.11. The summed E-state index contributed by atoms with van der Waals surface area (Å²) >= 11 is 0. The van der Waals surface area contributed by atoms with Crippen molar-refractivity contribution in [3.8, 4) is 5.75 Å². The molecule has 0 aliphatic carbocycles. The number of aromatic nitrogens is 1. The van der Waals surface area contributed by atoms with Crippen molar-refractivity contribution < 1.29 is 9.53 Å². The van der Waals surface area contributed by atoms with Crippen LogP contribution in [0.15, 0.2) is 54.7 Å². The van der Waals surface area contributed by atoms with Crippen molar-refractivity contribution in [2.24, 2.45) is 0 Å². The van der Waals surface area contributed by atoms with Crippen LogP contribution in [0.3, 0.4) is 0 Å². The smallest absolute Gasteiger partial charge is 0.150 e. The van der Waals surface area contributed by atoms with Gasteiger partial charge >= 0.3 is 0 Å². The van der Waals surface area contributed by atoms with Gasteiger partial charge in [0.25, 0.3) is 0 Å². The van der Waals surface area contributed by atoms with Gasteiger partial charge in [0.2, 0.25) is 0 Å². The molecule has 1 unspecified atom stereocenters. The van der Waals surface area contributed by atoms with Gasteiger partial charge in [0, 0.05) is 40.7 Å². The quantitative estimate of drug-likeness (QED) is 0.684. The average Bonchev–Trinajstić information content (AvgIpc) is 3.13. The Kier molecular flexibility index (Phi) is 2.78. The molecule has 104 valence electrons. The maximum absolute atomic E-state index is 11.1. The molecule has 0 spiro atoms. The zero-order valence-corrected chi connectivity index (χ0v) is 11.5. The minimum Gasteiger partial charge on any atom is -0.493 e. The van der Waals surface area contributed by atoms with Crippen LogP contribution in [0, 0.1) is 0 Å². The highest BCUT2D eigenvalue weighted by Crippen LogP contribution is 2.35. The Morgan fingerprint density at radius 2 is 2.05 bits per heavy atom. The monoisotopic (exact) mass is 277 g/mol. The number of benzene rings is 2. The molecule has 21 heavy (non-hydrogen) atoms. The topological polar surface area (TPSA) is 31.2 Å². The molecule has 2 heterocycles. The molecular weight excluding hydrogens is 262 g/mol. The van der Waals surface area contributed by atoms with Crippen LogP contribution in [0.1, 0.15) is 21.8 Å². The maximum atomic E-state index is 11.1. The first-order valence-corrected chi connectivity index (χ1v) is 7.11. The number of fused-ring (bicyclic) bond motifs is 2. The summed E-state index contributed by atoms with van der Waals surface area (Å²) in [4.78, 5) is 11.1. The molecule has 0 amide bonds. The molecule has 1 aliphatic rings. The Labute approximate surface area is 122 Å². The Morgan fingerprint density at radius 3 is 2.95 bits per heavy atom. The first kappa shape index (κ1) is 12.2. The van der Waals surface area contributed by atoms with Crippen LogP contribution < -0.4 is 4.74 Å². The van der Waals surface area contributed by atoms with Crippen molar-refractivity contribution in [2.45, 2.75) is 12.5 Å². The van der Waals surface area contributed by atoms with Gasteiger partial charge in [-0.15, -0.1) is 0 Å². The molecule has 1 aromatic heterocycles. The highest BCUT2D eigenvalue weighted by molar-refractivity contribution is 5.97. The fourth-order valence-electron chi connectivity index (χ4n) is 3.13. The lowest BCUT2D eigenvalue weighted by Crippen LogP contribution is -2.09. The second-order valence-corrected chi connectivity index (χ2v) is 5.41. The number of carbonyl (C=O) groups excluding carboxylic acids is 1. The van der Waals surface area contributed by atoms with Gasteiger partial charge < -0.3 is 9.30 Å². The molecule has 0 N–H and O–H groups in total. The number of nitrogens with zero attached hydrogens (tertiary/aromatic N) is 1. The van der Waals surface area contributed by atoms with Gasteiger partial charge in [0.05, 0.1) is 6.61 Å². The predicted octanol–water partition coefficient (Wildman–Crippen LogP) is 3.63. The average molecular weight is 277 g/mol. The highest BCUT2D eigenvalue weighted by atomic mass is 16.5. The Morgan fingerprint density at radius 1 is 1.14 bits per heavy atom. The summed E-state index contributed by atoms with van der Waals surface area (Å²) in [5.41, 5.74) is 3.11. The van der Waals surface area contributed by atoms with E-state index in [4.69, 9.17) is 4.74 Å². The predicted molar refractivity (Wildman–Crippen MR) is 82.0 cm³/mol. The zero-order chi connectivity index (χ0) is 14.2. The number of hydrogen-bond donors (Lipinski definition) is 0. The molecule has 2 aromatic carbocycles. The SMILES string of the molecule is O=Cc1cccc2c1ccn2CC1COc2ccccc21. The number of aldehydes is 1. The molecule has 0 radical (unpaired) electrons. The third kappa shape index (κ3) is 1.93.